The van der Waals surface area contributed by atoms with E-state index in [9.17, 15) is 5.11 Å². The summed E-state index contributed by atoms with van der Waals surface area (Å²) in [4.78, 5) is 5.26. The fourth-order valence-electron chi connectivity index (χ4n) is 3.36. The van der Waals surface area contributed by atoms with Crippen LogP contribution >= 0.6 is 0 Å². The van der Waals surface area contributed by atoms with Crippen molar-refractivity contribution in [2.75, 3.05) is 45.9 Å². The Morgan fingerprint density at radius 3 is 2.74 bits per heavy atom. The Hall–Kier alpha value is -0.160. The first-order chi connectivity index (χ1) is 9.33. The molecule has 2 aliphatic heterocycles. The molecule has 2 rings (SSSR count). The third-order valence-electron chi connectivity index (χ3n) is 4.60. The highest BCUT2D eigenvalue weighted by molar-refractivity contribution is 4.86. The van der Waals surface area contributed by atoms with Crippen molar-refractivity contribution in [1.82, 2.24) is 15.1 Å². The van der Waals surface area contributed by atoms with Gasteiger partial charge in [-0.2, -0.15) is 0 Å². The lowest BCUT2D eigenvalue weighted by atomic mass is 10.2. The molecular formula is C15H31N3O. The van der Waals surface area contributed by atoms with Crippen molar-refractivity contribution in [1.29, 1.82) is 0 Å². The van der Waals surface area contributed by atoms with Crippen LogP contribution in [0.3, 0.4) is 0 Å². The molecule has 2 unspecified atom stereocenters. The normalized spacial score (nSPS) is 27.2. The largest absolute Gasteiger partial charge is 0.395 e. The van der Waals surface area contributed by atoms with E-state index in [-0.39, 0.29) is 12.6 Å². The fourth-order valence-corrected chi connectivity index (χ4v) is 3.36. The van der Waals surface area contributed by atoms with E-state index in [0.717, 1.165) is 32.0 Å². The van der Waals surface area contributed by atoms with E-state index in [0.29, 0.717) is 0 Å². The molecule has 0 aromatic rings. The van der Waals surface area contributed by atoms with E-state index in [1.807, 2.05) is 0 Å². The number of nitrogens with zero attached hydrogens (tertiary/aromatic N) is 2. The van der Waals surface area contributed by atoms with Crippen LogP contribution in [0.2, 0.25) is 0 Å². The van der Waals surface area contributed by atoms with Crippen LogP contribution in [0.4, 0.5) is 0 Å². The first kappa shape index (κ1) is 15.2. The van der Waals surface area contributed by atoms with Crippen LogP contribution < -0.4 is 5.32 Å². The SMILES string of the molecule is CCCNC(CO)CCN1CCC(N2CCCC2)C1. The number of nitrogens with one attached hydrogen (secondary N) is 1. The van der Waals surface area contributed by atoms with E-state index in [1.165, 1.54) is 45.4 Å². The second kappa shape index (κ2) is 8.20. The van der Waals surface area contributed by atoms with Gasteiger partial charge in [0.1, 0.15) is 0 Å². The molecule has 4 heteroatoms. The maximum Gasteiger partial charge on any atom is 0.0585 e. The minimum absolute atomic E-state index is 0.267. The predicted molar refractivity (Wildman–Crippen MR) is 79.4 cm³/mol. The molecule has 2 heterocycles. The van der Waals surface area contributed by atoms with Gasteiger partial charge >= 0.3 is 0 Å². The van der Waals surface area contributed by atoms with Crippen molar-refractivity contribution in [2.24, 2.45) is 0 Å². The van der Waals surface area contributed by atoms with Gasteiger partial charge in [-0.05, 0) is 64.8 Å². The molecule has 19 heavy (non-hydrogen) atoms. The number of hydrogen-bond donors (Lipinski definition) is 2. The zero-order valence-electron chi connectivity index (χ0n) is 12.5. The Balaban J connectivity index is 1.63. The van der Waals surface area contributed by atoms with E-state index < -0.39 is 0 Å². The molecule has 112 valence electrons. The third kappa shape index (κ3) is 4.71. The number of likely N-dealkylation sites (tertiary alicyclic amines) is 2. The Morgan fingerprint density at radius 2 is 2.05 bits per heavy atom. The maximum absolute atomic E-state index is 9.36. The lowest BCUT2D eigenvalue weighted by molar-refractivity contribution is 0.205. The zero-order chi connectivity index (χ0) is 13.5. The minimum atomic E-state index is 0.267. The number of aliphatic hydroxyl groups is 1. The number of hydrogen-bond acceptors (Lipinski definition) is 4. The topological polar surface area (TPSA) is 38.7 Å². The Morgan fingerprint density at radius 1 is 1.26 bits per heavy atom. The van der Waals surface area contributed by atoms with Crippen LogP contribution in [0.15, 0.2) is 0 Å². The highest BCUT2D eigenvalue weighted by Crippen LogP contribution is 2.20. The van der Waals surface area contributed by atoms with Crippen LogP contribution in [0, 0.1) is 0 Å². The first-order valence-corrected chi connectivity index (χ1v) is 8.14. The van der Waals surface area contributed by atoms with Crippen molar-refractivity contribution >= 4 is 0 Å². The van der Waals surface area contributed by atoms with Crippen molar-refractivity contribution in [3.63, 3.8) is 0 Å². The maximum atomic E-state index is 9.36. The lowest BCUT2D eigenvalue weighted by Crippen LogP contribution is -2.38. The molecule has 0 aliphatic carbocycles. The van der Waals surface area contributed by atoms with Crippen molar-refractivity contribution in [3.05, 3.63) is 0 Å². The molecule has 0 amide bonds. The summed E-state index contributed by atoms with van der Waals surface area (Å²) in [5.74, 6) is 0. The third-order valence-corrected chi connectivity index (χ3v) is 4.60. The molecule has 2 atom stereocenters. The molecule has 0 aromatic carbocycles. The summed E-state index contributed by atoms with van der Waals surface area (Å²) in [7, 11) is 0. The molecular weight excluding hydrogens is 238 g/mol. The molecule has 0 aromatic heterocycles. The highest BCUT2D eigenvalue weighted by atomic mass is 16.3. The van der Waals surface area contributed by atoms with E-state index in [1.54, 1.807) is 0 Å². The van der Waals surface area contributed by atoms with Gasteiger partial charge < -0.3 is 15.3 Å². The van der Waals surface area contributed by atoms with Gasteiger partial charge in [0, 0.05) is 18.6 Å². The average Bonchev–Trinajstić information content (AvgIpc) is 3.09. The molecule has 0 saturated carbocycles. The summed E-state index contributed by atoms with van der Waals surface area (Å²) in [6.07, 6.45) is 6.33. The van der Waals surface area contributed by atoms with Crippen molar-refractivity contribution in [2.45, 2.75) is 51.1 Å². The molecule has 2 N–H and O–H groups in total. The van der Waals surface area contributed by atoms with E-state index in [2.05, 4.69) is 22.0 Å². The van der Waals surface area contributed by atoms with Gasteiger partial charge in [-0.25, -0.2) is 0 Å². The average molecular weight is 269 g/mol. The quantitative estimate of drug-likeness (QED) is 0.687. The Kier molecular flexibility index (Phi) is 6.57. The van der Waals surface area contributed by atoms with Crippen LogP contribution in [0.5, 0.6) is 0 Å². The second-order valence-corrected chi connectivity index (χ2v) is 6.11. The van der Waals surface area contributed by atoms with Crippen LogP contribution in [0.25, 0.3) is 0 Å². The summed E-state index contributed by atoms with van der Waals surface area (Å²) >= 11 is 0. The van der Waals surface area contributed by atoms with E-state index >= 15 is 0 Å². The molecule has 2 fully saturated rings. The Labute approximate surface area is 118 Å². The van der Waals surface area contributed by atoms with Crippen LogP contribution in [0.1, 0.15) is 39.0 Å². The minimum Gasteiger partial charge on any atom is -0.395 e. The van der Waals surface area contributed by atoms with Gasteiger partial charge in [-0.3, -0.25) is 4.90 Å². The summed E-state index contributed by atoms with van der Waals surface area (Å²) in [5.41, 5.74) is 0. The lowest BCUT2D eigenvalue weighted by Gasteiger charge is -2.24. The van der Waals surface area contributed by atoms with Gasteiger partial charge in [0.15, 0.2) is 0 Å². The van der Waals surface area contributed by atoms with E-state index in [4.69, 9.17) is 0 Å². The van der Waals surface area contributed by atoms with Gasteiger partial charge in [0.25, 0.3) is 0 Å². The van der Waals surface area contributed by atoms with Gasteiger partial charge in [0.2, 0.25) is 0 Å². The van der Waals surface area contributed by atoms with Crippen LogP contribution in [-0.2, 0) is 0 Å². The van der Waals surface area contributed by atoms with Gasteiger partial charge in [-0.15, -0.1) is 0 Å². The molecule has 0 spiro atoms. The van der Waals surface area contributed by atoms with Crippen molar-refractivity contribution < 1.29 is 5.11 Å². The summed E-state index contributed by atoms with van der Waals surface area (Å²) in [5, 5.41) is 12.8. The summed E-state index contributed by atoms with van der Waals surface area (Å²) in [6.45, 7) is 9.70. The molecule has 2 saturated heterocycles. The monoisotopic (exact) mass is 269 g/mol. The highest BCUT2D eigenvalue weighted by Gasteiger charge is 2.29. The van der Waals surface area contributed by atoms with Crippen molar-refractivity contribution in [3.8, 4) is 0 Å². The predicted octanol–water partition coefficient (Wildman–Crippen LogP) is 0.907. The van der Waals surface area contributed by atoms with Crippen LogP contribution in [-0.4, -0.2) is 72.9 Å². The molecule has 4 nitrogen and oxygen atoms in total. The fraction of sp³-hybridized carbons (Fsp3) is 1.00. The summed E-state index contributed by atoms with van der Waals surface area (Å²) < 4.78 is 0. The first-order valence-electron chi connectivity index (χ1n) is 8.14. The van der Waals surface area contributed by atoms with Gasteiger partial charge in [-0.1, -0.05) is 6.92 Å². The molecule has 0 bridgehead atoms. The second-order valence-electron chi connectivity index (χ2n) is 6.11. The molecule has 2 aliphatic rings. The number of aliphatic hydroxyl groups excluding tert-OH is 1. The van der Waals surface area contributed by atoms with Gasteiger partial charge in [0.05, 0.1) is 6.61 Å². The smallest absolute Gasteiger partial charge is 0.0585 e. The standard InChI is InChI=1S/C15H31N3O/c1-2-7-16-14(13-19)5-10-17-11-6-15(12-17)18-8-3-4-9-18/h14-16,19H,2-13H2,1H3. The zero-order valence-corrected chi connectivity index (χ0v) is 12.5. The number of rotatable bonds is 8. The summed E-state index contributed by atoms with van der Waals surface area (Å²) in [6, 6.07) is 1.09. The molecule has 0 radical (unpaired) electrons. The Bertz CT molecular complexity index is 244.